The van der Waals surface area contributed by atoms with Crippen LogP contribution < -0.4 is 0 Å². The van der Waals surface area contributed by atoms with E-state index in [2.05, 4.69) is 0 Å². The minimum Gasteiger partial charge on any atom is -0.166 e. The van der Waals surface area contributed by atoms with E-state index in [-0.39, 0.29) is 20.6 Å². The summed E-state index contributed by atoms with van der Waals surface area (Å²) >= 11 is 18.4. The van der Waals surface area contributed by atoms with Crippen molar-refractivity contribution in [2.24, 2.45) is 0 Å². The van der Waals surface area contributed by atoms with Gasteiger partial charge in [0.25, 0.3) is 0 Å². The van der Waals surface area contributed by atoms with Gasteiger partial charge >= 0.3 is 6.18 Å². The zero-order valence-electron chi connectivity index (χ0n) is 10.8. The van der Waals surface area contributed by atoms with Crippen molar-refractivity contribution in [1.29, 1.82) is 0 Å². The van der Waals surface area contributed by atoms with Crippen LogP contribution in [0.3, 0.4) is 0 Å². The molecule has 0 saturated carbocycles. The van der Waals surface area contributed by atoms with Crippen LogP contribution in [0, 0.1) is 0 Å². The first-order valence-corrected chi connectivity index (χ1v) is 7.94. The number of alkyl halides is 3. The van der Waals surface area contributed by atoms with Crippen molar-refractivity contribution >= 4 is 52.1 Å². The first-order chi connectivity index (χ1) is 10.3. The van der Waals surface area contributed by atoms with E-state index in [9.17, 15) is 13.2 Å². The van der Waals surface area contributed by atoms with Crippen LogP contribution in [0.4, 0.5) is 13.2 Å². The van der Waals surface area contributed by atoms with Gasteiger partial charge in [-0.3, -0.25) is 0 Å². The normalized spacial score (nSPS) is 12.5. The molecule has 0 atom stereocenters. The second-order valence-corrected chi connectivity index (χ2v) is 6.35. The topological polar surface area (TPSA) is 0 Å². The van der Waals surface area contributed by atoms with Gasteiger partial charge in [-0.1, -0.05) is 64.8 Å². The summed E-state index contributed by atoms with van der Waals surface area (Å²) in [4.78, 5) is 0.690. The van der Waals surface area contributed by atoms with E-state index in [0.29, 0.717) is 4.90 Å². The number of thioether (sulfide) groups is 1. The zero-order chi connectivity index (χ0) is 16.3. The molecule has 22 heavy (non-hydrogen) atoms. The highest BCUT2D eigenvalue weighted by Crippen LogP contribution is 2.41. The van der Waals surface area contributed by atoms with Crippen LogP contribution in [0.1, 0.15) is 5.56 Å². The van der Waals surface area contributed by atoms with Crippen molar-refractivity contribution in [3.05, 3.63) is 68.5 Å². The summed E-state index contributed by atoms with van der Waals surface area (Å²) < 4.78 is 39.8. The van der Waals surface area contributed by atoms with Gasteiger partial charge in [-0.2, -0.15) is 13.2 Å². The summed E-state index contributed by atoms with van der Waals surface area (Å²) in [5.74, 6) is 0. The Morgan fingerprint density at radius 3 is 2.00 bits per heavy atom. The molecule has 0 saturated heterocycles. The van der Waals surface area contributed by atoms with Crippen LogP contribution in [-0.2, 0) is 0 Å². The molecule has 2 aromatic carbocycles. The van der Waals surface area contributed by atoms with E-state index in [1.807, 2.05) is 0 Å². The molecule has 116 valence electrons. The van der Waals surface area contributed by atoms with Crippen molar-refractivity contribution in [2.75, 3.05) is 0 Å². The maximum atomic E-state index is 13.3. The lowest BCUT2D eigenvalue weighted by Crippen LogP contribution is -2.10. The maximum Gasteiger partial charge on any atom is 0.417 e. The maximum absolute atomic E-state index is 13.3. The summed E-state index contributed by atoms with van der Waals surface area (Å²) in [5.41, 5.74) is -0.961. The molecule has 0 aliphatic rings. The highest BCUT2D eigenvalue weighted by molar-refractivity contribution is 8.02. The highest BCUT2D eigenvalue weighted by atomic mass is 35.5. The molecule has 0 aliphatic heterocycles. The Morgan fingerprint density at radius 1 is 0.955 bits per heavy atom. The number of hydrogen-bond donors (Lipinski definition) is 0. The van der Waals surface area contributed by atoms with Gasteiger partial charge in [-0.15, -0.1) is 0 Å². The van der Waals surface area contributed by atoms with Gasteiger partial charge < -0.3 is 0 Å². The van der Waals surface area contributed by atoms with E-state index in [4.69, 9.17) is 34.8 Å². The molecule has 2 rings (SSSR count). The predicted molar refractivity (Wildman–Crippen MR) is 87.8 cm³/mol. The van der Waals surface area contributed by atoms with Crippen LogP contribution in [0.2, 0.25) is 15.1 Å². The Kier molecular flexibility index (Phi) is 5.72. The number of hydrogen-bond acceptors (Lipinski definition) is 1. The Bertz CT molecular complexity index is 674. The summed E-state index contributed by atoms with van der Waals surface area (Å²) in [5, 5.41) is 1.02. The van der Waals surface area contributed by atoms with E-state index in [0.717, 1.165) is 29.3 Å². The summed E-state index contributed by atoms with van der Waals surface area (Å²) in [6.45, 7) is 0. The van der Waals surface area contributed by atoms with E-state index in [1.54, 1.807) is 30.3 Å². The second kappa shape index (κ2) is 7.18. The monoisotopic (exact) mass is 382 g/mol. The number of benzene rings is 2. The van der Waals surface area contributed by atoms with Gasteiger partial charge in [0.1, 0.15) is 0 Å². The van der Waals surface area contributed by atoms with Gasteiger partial charge in [0, 0.05) is 4.90 Å². The van der Waals surface area contributed by atoms with Crippen molar-refractivity contribution in [3.63, 3.8) is 0 Å². The number of rotatable bonds is 3. The Balaban J connectivity index is 2.43. The first-order valence-electron chi connectivity index (χ1n) is 5.93. The van der Waals surface area contributed by atoms with Crippen molar-refractivity contribution in [1.82, 2.24) is 0 Å². The SMILES string of the molecule is FC(F)(F)C(=CSc1ccccc1)c1cc(Cl)c(Cl)c(Cl)c1. The molecule has 0 unspecified atom stereocenters. The molecular weight excluding hydrogens is 376 g/mol. The standard InChI is InChI=1S/C15H8Cl3F3S/c16-12-6-9(7-13(17)14(12)18)11(15(19,20)21)8-22-10-4-2-1-3-5-10/h1-8H. The van der Waals surface area contributed by atoms with Crippen LogP contribution >= 0.6 is 46.6 Å². The molecule has 0 spiro atoms. The highest BCUT2D eigenvalue weighted by Gasteiger charge is 2.35. The molecule has 0 aromatic heterocycles. The van der Waals surface area contributed by atoms with Gasteiger partial charge in [0.15, 0.2) is 0 Å². The smallest absolute Gasteiger partial charge is 0.166 e. The Morgan fingerprint density at radius 2 is 1.50 bits per heavy atom. The summed E-state index contributed by atoms with van der Waals surface area (Å²) in [6, 6.07) is 11.0. The van der Waals surface area contributed by atoms with Crippen LogP contribution in [-0.4, -0.2) is 6.18 Å². The van der Waals surface area contributed by atoms with Crippen LogP contribution in [0.15, 0.2) is 52.8 Å². The van der Waals surface area contributed by atoms with E-state index < -0.39 is 11.7 Å². The minimum atomic E-state index is -4.54. The summed E-state index contributed by atoms with van der Waals surface area (Å²) in [6.07, 6.45) is -4.54. The fourth-order valence-electron chi connectivity index (χ4n) is 1.64. The van der Waals surface area contributed by atoms with E-state index >= 15 is 0 Å². The lowest BCUT2D eigenvalue weighted by atomic mass is 10.1. The third-order valence-electron chi connectivity index (χ3n) is 2.66. The molecule has 0 fully saturated rings. The zero-order valence-corrected chi connectivity index (χ0v) is 13.9. The van der Waals surface area contributed by atoms with Gasteiger partial charge in [0.05, 0.1) is 20.6 Å². The Labute approximate surface area is 144 Å². The third kappa shape index (κ3) is 4.35. The molecule has 0 heterocycles. The third-order valence-corrected chi connectivity index (χ3v) is 4.75. The van der Waals surface area contributed by atoms with Crippen molar-refractivity contribution in [3.8, 4) is 0 Å². The molecule has 0 bridgehead atoms. The van der Waals surface area contributed by atoms with Gasteiger partial charge in [-0.25, -0.2) is 0 Å². The molecule has 0 radical (unpaired) electrons. The van der Waals surface area contributed by atoms with Crippen molar-refractivity contribution in [2.45, 2.75) is 11.1 Å². The number of allylic oxidation sites excluding steroid dienone is 1. The van der Waals surface area contributed by atoms with Gasteiger partial charge in [-0.05, 0) is 35.2 Å². The lowest BCUT2D eigenvalue weighted by Gasteiger charge is -2.13. The van der Waals surface area contributed by atoms with Gasteiger partial charge in [0.2, 0.25) is 0 Å². The largest absolute Gasteiger partial charge is 0.417 e. The molecule has 7 heteroatoms. The average Bonchev–Trinajstić information content (AvgIpc) is 2.44. The molecule has 0 nitrogen and oxygen atoms in total. The molecule has 0 N–H and O–H groups in total. The Hall–Kier alpha value is -0.810. The second-order valence-electron chi connectivity index (χ2n) is 4.21. The molecule has 2 aromatic rings. The quantitative estimate of drug-likeness (QED) is 0.394. The fraction of sp³-hybridized carbons (Fsp3) is 0.0667. The summed E-state index contributed by atoms with van der Waals surface area (Å²) in [7, 11) is 0. The minimum absolute atomic E-state index is 0.0240. The molecular formula is C15H8Cl3F3S. The lowest BCUT2D eigenvalue weighted by molar-refractivity contribution is -0.0687. The van der Waals surface area contributed by atoms with E-state index in [1.165, 1.54) is 0 Å². The molecule has 0 aliphatic carbocycles. The fourth-order valence-corrected chi connectivity index (χ4v) is 3.07. The predicted octanol–water partition coefficient (Wildman–Crippen LogP) is 7.34. The van der Waals surface area contributed by atoms with Crippen LogP contribution in [0.25, 0.3) is 5.57 Å². The van der Waals surface area contributed by atoms with Crippen molar-refractivity contribution < 1.29 is 13.2 Å². The number of halogens is 6. The van der Waals surface area contributed by atoms with Crippen LogP contribution in [0.5, 0.6) is 0 Å². The molecule has 0 amide bonds. The average molecular weight is 384 g/mol. The first kappa shape index (κ1) is 17.5.